The third-order valence-electron chi connectivity index (χ3n) is 5.67. The van der Waals surface area contributed by atoms with E-state index in [1.54, 1.807) is 11.4 Å². The first-order valence-electron chi connectivity index (χ1n) is 9.45. The van der Waals surface area contributed by atoms with Gasteiger partial charge in [-0.05, 0) is 42.5 Å². The van der Waals surface area contributed by atoms with Crippen LogP contribution in [0.25, 0.3) is 0 Å². The van der Waals surface area contributed by atoms with Gasteiger partial charge in [-0.25, -0.2) is 8.42 Å². The molecule has 1 fully saturated rings. The van der Waals surface area contributed by atoms with Crippen molar-refractivity contribution in [1.82, 2.24) is 4.31 Å². The summed E-state index contributed by atoms with van der Waals surface area (Å²) < 4.78 is 33.4. The van der Waals surface area contributed by atoms with Crippen molar-refractivity contribution in [2.24, 2.45) is 0 Å². The number of fused-ring (bicyclic) bond motifs is 1. The maximum Gasteiger partial charge on any atom is 0.218 e. The molecule has 0 unspecified atom stereocenters. The Balaban J connectivity index is 1.63. The number of ether oxygens (including phenoxy) is 1. The summed E-state index contributed by atoms with van der Waals surface area (Å²) in [6, 6.07) is 17.5. The Morgan fingerprint density at radius 3 is 2.52 bits per heavy atom. The van der Waals surface area contributed by atoms with E-state index in [1.165, 1.54) is 11.1 Å². The lowest BCUT2D eigenvalue weighted by Gasteiger charge is -2.34. The van der Waals surface area contributed by atoms with Gasteiger partial charge in [0.2, 0.25) is 10.0 Å². The number of hydrogen-bond acceptors (Lipinski definition) is 3. The Hall–Kier alpha value is -2.11. The second-order valence-corrected chi connectivity index (χ2v) is 9.20. The molecule has 2 aromatic rings. The minimum absolute atomic E-state index is 0.0548. The molecule has 2 aliphatic rings. The normalized spacial score (nSPS) is 22.9. The molecule has 0 bridgehead atoms. The number of methoxy groups -OCH3 is 1. The van der Waals surface area contributed by atoms with Crippen LogP contribution in [-0.4, -0.2) is 32.4 Å². The van der Waals surface area contributed by atoms with E-state index < -0.39 is 10.0 Å². The minimum atomic E-state index is -3.37. The quantitative estimate of drug-likeness (QED) is 0.730. The molecule has 0 radical (unpaired) electrons. The lowest BCUT2D eigenvalue weighted by atomic mass is 9.80. The fraction of sp³-hybridized carbons (Fsp3) is 0.364. The molecule has 0 N–H and O–H groups in total. The summed E-state index contributed by atoms with van der Waals surface area (Å²) in [5, 5.41) is 0. The molecule has 27 heavy (non-hydrogen) atoms. The molecule has 2 aromatic carbocycles. The molecular formula is C22H25NO3S. The SMILES string of the molecule is COc1ccc([C@@H]2CCC=C3CCN(S(=O)(=O)Cc4ccccc4)[C@H]32)cc1. The van der Waals surface area contributed by atoms with Gasteiger partial charge in [-0.3, -0.25) is 0 Å². The smallest absolute Gasteiger partial charge is 0.218 e. The Morgan fingerprint density at radius 1 is 1.07 bits per heavy atom. The average Bonchev–Trinajstić information content (AvgIpc) is 3.14. The highest BCUT2D eigenvalue weighted by molar-refractivity contribution is 7.88. The van der Waals surface area contributed by atoms with Crippen molar-refractivity contribution in [2.45, 2.75) is 37.0 Å². The number of nitrogens with zero attached hydrogens (tertiary/aromatic N) is 1. The molecule has 1 aliphatic carbocycles. The molecule has 142 valence electrons. The zero-order valence-electron chi connectivity index (χ0n) is 15.5. The Bertz CT molecular complexity index is 920. The second-order valence-electron chi connectivity index (χ2n) is 7.28. The third kappa shape index (κ3) is 3.66. The van der Waals surface area contributed by atoms with Gasteiger partial charge < -0.3 is 4.74 Å². The predicted octanol–water partition coefficient (Wildman–Crippen LogP) is 4.10. The van der Waals surface area contributed by atoms with Gasteiger partial charge in [-0.1, -0.05) is 54.1 Å². The molecule has 2 atom stereocenters. The maximum absolute atomic E-state index is 13.2. The van der Waals surface area contributed by atoms with Crippen LogP contribution in [0.2, 0.25) is 0 Å². The number of allylic oxidation sites excluding steroid dienone is 1. The zero-order valence-corrected chi connectivity index (χ0v) is 16.4. The topological polar surface area (TPSA) is 46.6 Å². The van der Waals surface area contributed by atoms with Crippen molar-refractivity contribution < 1.29 is 13.2 Å². The molecule has 0 saturated carbocycles. The highest BCUT2D eigenvalue weighted by atomic mass is 32.2. The molecule has 0 spiro atoms. The monoisotopic (exact) mass is 383 g/mol. The van der Waals surface area contributed by atoms with Crippen LogP contribution in [0.3, 0.4) is 0 Å². The van der Waals surface area contributed by atoms with Gasteiger partial charge in [-0.15, -0.1) is 0 Å². The highest BCUT2D eigenvalue weighted by Gasteiger charge is 2.43. The summed E-state index contributed by atoms with van der Waals surface area (Å²) in [6.07, 6.45) is 5.07. The molecule has 4 nitrogen and oxygen atoms in total. The number of hydrogen-bond donors (Lipinski definition) is 0. The minimum Gasteiger partial charge on any atom is -0.497 e. The summed E-state index contributed by atoms with van der Waals surface area (Å²) >= 11 is 0. The van der Waals surface area contributed by atoms with Crippen LogP contribution in [-0.2, 0) is 15.8 Å². The summed E-state index contributed by atoms with van der Waals surface area (Å²) in [5.41, 5.74) is 3.30. The standard InChI is InChI=1S/C22H25NO3S/c1-26-20-12-10-18(11-13-20)21-9-5-8-19-14-15-23(22(19)21)27(24,25)16-17-6-3-2-4-7-17/h2-4,6-8,10-13,21-22H,5,9,14-16H2,1H3/t21-,22+/m0/s1. The average molecular weight is 384 g/mol. The fourth-order valence-corrected chi connectivity index (χ4v) is 6.16. The first kappa shape index (κ1) is 18.3. The number of rotatable bonds is 5. The van der Waals surface area contributed by atoms with Crippen LogP contribution in [0.4, 0.5) is 0 Å². The number of benzene rings is 2. The molecule has 0 aromatic heterocycles. The van der Waals surface area contributed by atoms with Crippen LogP contribution in [0.1, 0.15) is 36.3 Å². The van der Waals surface area contributed by atoms with E-state index in [0.717, 1.165) is 30.6 Å². The molecular weight excluding hydrogens is 358 g/mol. The van der Waals surface area contributed by atoms with E-state index >= 15 is 0 Å². The van der Waals surface area contributed by atoms with Crippen molar-refractivity contribution >= 4 is 10.0 Å². The summed E-state index contributed by atoms with van der Waals surface area (Å²) in [7, 11) is -1.71. The Kier molecular flexibility index (Phi) is 5.06. The number of sulfonamides is 1. The first-order chi connectivity index (χ1) is 13.1. The molecule has 1 saturated heterocycles. The van der Waals surface area contributed by atoms with Gasteiger partial charge in [0.05, 0.1) is 18.9 Å². The predicted molar refractivity (Wildman–Crippen MR) is 107 cm³/mol. The van der Waals surface area contributed by atoms with Crippen LogP contribution >= 0.6 is 0 Å². The van der Waals surface area contributed by atoms with Crippen molar-refractivity contribution in [3.8, 4) is 5.75 Å². The van der Waals surface area contributed by atoms with Gasteiger partial charge in [0.1, 0.15) is 5.75 Å². The van der Waals surface area contributed by atoms with E-state index in [9.17, 15) is 8.42 Å². The lowest BCUT2D eigenvalue weighted by molar-refractivity contribution is 0.345. The maximum atomic E-state index is 13.2. The molecule has 5 heteroatoms. The van der Waals surface area contributed by atoms with Gasteiger partial charge in [-0.2, -0.15) is 4.31 Å². The Morgan fingerprint density at radius 2 is 1.81 bits per heavy atom. The van der Waals surface area contributed by atoms with Crippen LogP contribution < -0.4 is 4.74 Å². The van der Waals surface area contributed by atoms with Gasteiger partial charge in [0, 0.05) is 12.5 Å². The van der Waals surface area contributed by atoms with E-state index in [1.807, 2.05) is 42.5 Å². The second kappa shape index (κ2) is 7.49. The van der Waals surface area contributed by atoms with Gasteiger partial charge in [0.25, 0.3) is 0 Å². The van der Waals surface area contributed by atoms with Gasteiger partial charge >= 0.3 is 0 Å². The molecule has 1 heterocycles. The van der Waals surface area contributed by atoms with Crippen molar-refractivity contribution in [2.75, 3.05) is 13.7 Å². The lowest BCUT2D eigenvalue weighted by Crippen LogP contribution is -2.41. The van der Waals surface area contributed by atoms with Crippen molar-refractivity contribution in [1.29, 1.82) is 0 Å². The van der Waals surface area contributed by atoms with E-state index in [2.05, 4.69) is 18.2 Å². The largest absolute Gasteiger partial charge is 0.497 e. The summed E-state index contributed by atoms with van der Waals surface area (Å²) in [5.74, 6) is 1.08. The Labute approximate surface area is 161 Å². The highest BCUT2D eigenvalue weighted by Crippen LogP contribution is 2.43. The van der Waals surface area contributed by atoms with Crippen LogP contribution in [0.15, 0.2) is 66.2 Å². The van der Waals surface area contributed by atoms with Crippen molar-refractivity contribution in [3.05, 3.63) is 77.4 Å². The van der Waals surface area contributed by atoms with Crippen molar-refractivity contribution in [3.63, 3.8) is 0 Å². The van der Waals surface area contributed by atoms with Crippen LogP contribution in [0.5, 0.6) is 5.75 Å². The van der Waals surface area contributed by atoms with Gasteiger partial charge in [0.15, 0.2) is 0 Å². The van der Waals surface area contributed by atoms with E-state index in [4.69, 9.17) is 4.74 Å². The van der Waals surface area contributed by atoms with E-state index in [-0.39, 0.29) is 17.7 Å². The molecule has 0 amide bonds. The summed E-state index contributed by atoms with van der Waals surface area (Å²) in [6.45, 7) is 0.582. The summed E-state index contributed by atoms with van der Waals surface area (Å²) in [4.78, 5) is 0. The fourth-order valence-electron chi connectivity index (χ4n) is 4.38. The zero-order chi connectivity index (χ0) is 18.9. The molecule has 4 rings (SSSR count). The van der Waals surface area contributed by atoms with E-state index in [0.29, 0.717) is 6.54 Å². The molecule has 1 aliphatic heterocycles. The first-order valence-corrected chi connectivity index (χ1v) is 11.1. The third-order valence-corrected chi connectivity index (χ3v) is 7.49. The van der Waals surface area contributed by atoms with Crippen LogP contribution in [0, 0.1) is 0 Å².